The Morgan fingerprint density at radius 1 is 1.06 bits per heavy atom. The molecule has 0 bridgehead atoms. The van der Waals surface area contributed by atoms with Crippen molar-refractivity contribution >= 4 is 21.6 Å². The first-order chi connectivity index (χ1) is 14.8. The summed E-state index contributed by atoms with van der Waals surface area (Å²) in [5.74, 6) is 0.848. The first-order valence-corrected chi connectivity index (χ1v) is 12.7. The number of carbonyl (C=O) groups is 1. The van der Waals surface area contributed by atoms with Gasteiger partial charge in [0, 0.05) is 19.5 Å². The van der Waals surface area contributed by atoms with E-state index >= 15 is 0 Å². The number of para-hydroxylation sites is 1. The number of sulfonamides is 1. The van der Waals surface area contributed by atoms with Crippen molar-refractivity contribution in [1.82, 2.24) is 5.32 Å². The predicted molar refractivity (Wildman–Crippen MR) is 126 cm³/mol. The fraction of sp³-hybridized carbons (Fsp3) is 0.458. The molecule has 6 nitrogen and oxygen atoms in total. The molecule has 2 aromatic carbocycles. The van der Waals surface area contributed by atoms with Gasteiger partial charge in [0.1, 0.15) is 5.75 Å². The van der Waals surface area contributed by atoms with Crippen LogP contribution in [0.15, 0.2) is 48.5 Å². The van der Waals surface area contributed by atoms with Crippen LogP contribution >= 0.6 is 0 Å². The standard InChI is InChI=1S/C24H34N2O4S/c1-4-19-30-23-11-6-5-9-21(23)10-7-17-25-24(27)12-8-18-26(31(3,28)29)22-15-13-20(2)14-16-22/h5-6,9,11,13-16H,4,7-8,10,12,17-19H2,1-3H3,(H,25,27). The van der Waals surface area contributed by atoms with Gasteiger partial charge >= 0.3 is 0 Å². The van der Waals surface area contributed by atoms with Gasteiger partial charge in [0.05, 0.1) is 18.6 Å². The molecule has 0 aliphatic rings. The van der Waals surface area contributed by atoms with Crippen LogP contribution in [0.1, 0.15) is 43.7 Å². The summed E-state index contributed by atoms with van der Waals surface area (Å²) in [6.07, 6.45) is 4.54. The van der Waals surface area contributed by atoms with E-state index in [1.165, 1.54) is 10.6 Å². The van der Waals surface area contributed by atoms with Crippen molar-refractivity contribution in [3.8, 4) is 5.75 Å². The van der Waals surface area contributed by atoms with Gasteiger partial charge in [-0.05, 0) is 56.4 Å². The Balaban J connectivity index is 1.75. The van der Waals surface area contributed by atoms with Gasteiger partial charge in [-0.15, -0.1) is 0 Å². The Morgan fingerprint density at radius 3 is 2.45 bits per heavy atom. The molecule has 0 aromatic heterocycles. The lowest BCUT2D eigenvalue weighted by atomic mass is 10.1. The molecule has 1 N–H and O–H groups in total. The molecular weight excluding hydrogens is 412 g/mol. The number of nitrogens with one attached hydrogen (secondary N) is 1. The number of hydrogen-bond donors (Lipinski definition) is 1. The highest BCUT2D eigenvalue weighted by atomic mass is 32.2. The zero-order chi connectivity index (χ0) is 22.7. The van der Waals surface area contributed by atoms with Gasteiger partial charge in [0.15, 0.2) is 0 Å². The molecule has 0 aliphatic heterocycles. The highest BCUT2D eigenvalue weighted by Crippen LogP contribution is 2.20. The Hall–Kier alpha value is -2.54. The number of nitrogens with zero attached hydrogens (tertiary/aromatic N) is 1. The summed E-state index contributed by atoms with van der Waals surface area (Å²) >= 11 is 0. The Bertz CT molecular complexity index is 927. The van der Waals surface area contributed by atoms with Crippen LogP contribution in [-0.2, 0) is 21.2 Å². The summed E-state index contributed by atoms with van der Waals surface area (Å²) in [5.41, 5.74) is 2.83. The van der Waals surface area contributed by atoms with Crippen LogP contribution in [0.3, 0.4) is 0 Å². The zero-order valence-electron chi connectivity index (χ0n) is 18.8. The minimum atomic E-state index is -3.40. The van der Waals surface area contributed by atoms with Gasteiger partial charge in [-0.1, -0.05) is 42.8 Å². The van der Waals surface area contributed by atoms with Crippen molar-refractivity contribution in [3.05, 3.63) is 59.7 Å². The van der Waals surface area contributed by atoms with Crippen LogP contribution in [0.5, 0.6) is 5.75 Å². The van der Waals surface area contributed by atoms with Gasteiger partial charge < -0.3 is 10.1 Å². The molecule has 0 aliphatic carbocycles. The van der Waals surface area contributed by atoms with E-state index in [9.17, 15) is 13.2 Å². The SMILES string of the molecule is CCCOc1ccccc1CCCNC(=O)CCCN(c1ccc(C)cc1)S(C)(=O)=O. The largest absolute Gasteiger partial charge is 0.493 e. The van der Waals surface area contributed by atoms with Gasteiger partial charge in [-0.2, -0.15) is 0 Å². The molecule has 0 saturated heterocycles. The van der Waals surface area contributed by atoms with Crippen LogP contribution in [0, 0.1) is 6.92 Å². The van der Waals surface area contributed by atoms with E-state index in [0.717, 1.165) is 36.1 Å². The number of benzene rings is 2. The number of carbonyl (C=O) groups excluding carboxylic acids is 1. The topological polar surface area (TPSA) is 75.7 Å². The molecule has 0 fully saturated rings. The van der Waals surface area contributed by atoms with Crippen molar-refractivity contribution in [2.45, 2.75) is 46.0 Å². The van der Waals surface area contributed by atoms with E-state index in [2.05, 4.69) is 18.3 Å². The highest BCUT2D eigenvalue weighted by molar-refractivity contribution is 7.92. The molecule has 2 rings (SSSR count). The second kappa shape index (κ2) is 12.3. The summed E-state index contributed by atoms with van der Waals surface area (Å²) in [4.78, 5) is 12.2. The average molecular weight is 447 g/mol. The second-order valence-electron chi connectivity index (χ2n) is 7.68. The Labute approximate surface area is 186 Å². The third kappa shape index (κ3) is 8.61. The number of ether oxygens (including phenoxy) is 1. The lowest BCUT2D eigenvalue weighted by Crippen LogP contribution is -2.32. The molecule has 0 spiro atoms. The minimum Gasteiger partial charge on any atom is -0.493 e. The molecule has 1 amide bonds. The lowest BCUT2D eigenvalue weighted by Gasteiger charge is -2.22. The summed E-state index contributed by atoms with van der Waals surface area (Å²) in [6.45, 7) is 5.58. The van der Waals surface area contributed by atoms with E-state index in [1.807, 2.05) is 37.3 Å². The zero-order valence-corrected chi connectivity index (χ0v) is 19.6. The maximum absolute atomic E-state index is 12.2. The molecule has 0 heterocycles. The number of hydrogen-bond acceptors (Lipinski definition) is 4. The molecule has 31 heavy (non-hydrogen) atoms. The van der Waals surface area contributed by atoms with Gasteiger partial charge in [0.2, 0.25) is 15.9 Å². The fourth-order valence-electron chi connectivity index (χ4n) is 3.24. The van der Waals surface area contributed by atoms with E-state index < -0.39 is 10.0 Å². The number of anilines is 1. The summed E-state index contributed by atoms with van der Waals surface area (Å²) in [7, 11) is -3.40. The molecular formula is C24H34N2O4S. The first-order valence-electron chi connectivity index (χ1n) is 10.8. The second-order valence-corrected chi connectivity index (χ2v) is 9.59. The maximum atomic E-state index is 12.2. The van der Waals surface area contributed by atoms with Crippen molar-refractivity contribution < 1.29 is 17.9 Å². The van der Waals surface area contributed by atoms with Crippen molar-refractivity contribution in [2.75, 3.05) is 30.3 Å². The summed E-state index contributed by atoms with van der Waals surface area (Å²) in [6, 6.07) is 15.3. The average Bonchev–Trinajstić information content (AvgIpc) is 2.73. The quantitative estimate of drug-likeness (QED) is 0.471. The maximum Gasteiger partial charge on any atom is 0.232 e. The summed E-state index contributed by atoms with van der Waals surface area (Å²) in [5, 5.41) is 2.93. The van der Waals surface area contributed by atoms with Crippen molar-refractivity contribution in [2.24, 2.45) is 0 Å². The molecule has 0 saturated carbocycles. The lowest BCUT2D eigenvalue weighted by molar-refractivity contribution is -0.121. The molecule has 0 radical (unpaired) electrons. The molecule has 0 unspecified atom stereocenters. The Morgan fingerprint density at radius 2 is 1.77 bits per heavy atom. The van der Waals surface area contributed by atoms with Crippen LogP contribution in [-0.4, -0.2) is 40.3 Å². The van der Waals surface area contributed by atoms with Crippen molar-refractivity contribution in [3.63, 3.8) is 0 Å². The highest BCUT2D eigenvalue weighted by Gasteiger charge is 2.17. The third-order valence-electron chi connectivity index (χ3n) is 4.87. The first kappa shape index (κ1) is 24.7. The van der Waals surface area contributed by atoms with E-state index in [-0.39, 0.29) is 18.9 Å². The predicted octanol–water partition coefficient (Wildman–Crippen LogP) is 4.08. The van der Waals surface area contributed by atoms with Crippen molar-refractivity contribution in [1.29, 1.82) is 0 Å². The van der Waals surface area contributed by atoms with E-state index in [1.54, 1.807) is 12.1 Å². The van der Waals surface area contributed by atoms with Gasteiger partial charge in [0.25, 0.3) is 0 Å². The number of rotatable bonds is 13. The van der Waals surface area contributed by atoms with E-state index in [0.29, 0.717) is 25.3 Å². The van der Waals surface area contributed by atoms with Gasteiger partial charge in [-0.25, -0.2) is 8.42 Å². The third-order valence-corrected chi connectivity index (χ3v) is 6.06. The molecule has 170 valence electrons. The fourth-order valence-corrected chi connectivity index (χ4v) is 4.20. The van der Waals surface area contributed by atoms with Crippen LogP contribution in [0.25, 0.3) is 0 Å². The van der Waals surface area contributed by atoms with Crippen LogP contribution in [0.2, 0.25) is 0 Å². The van der Waals surface area contributed by atoms with Crippen LogP contribution < -0.4 is 14.4 Å². The molecule has 7 heteroatoms. The molecule has 0 atom stereocenters. The normalized spacial score (nSPS) is 11.2. The number of aryl methyl sites for hydroxylation is 2. The smallest absolute Gasteiger partial charge is 0.232 e. The molecule has 2 aromatic rings. The monoisotopic (exact) mass is 446 g/mol. The van der Waals surface area contributed by atoms with Crippen LogP contribution in [0.4, 0.5) is 5.69 Å². The van der Waals surface area contributed by atoms with E-state index in [4.69, 9.17) is 4.74 Å². The summed E-state index contributed by atoms with van der Waals surface area (Å²) < 4.78 is 31.4. The van der Waals surface area contributed by atoms with Gasteiger partial charge in [-0.3, -0.25) is 9.10 Å². The minimum absolute atomic E-state index is 0.0622. The Kier molecular flexibility index (Phi) is 9.85. The number of amides is 1.